The second-order valence-corrected chi connectivity index (χ2v) is 9.19. The number of pyridine rings is 1. The third kappa shape index (κ3) is 4.81. The molecule has 5 rings (SSSR count). The fraction of sp³-hybridized carbons (Fsp3) is 0.385. The number of aromatic amines is 1. The van der Waals surface area contributed by atoms with Crippen LogP contribution >= 0.6 is 0 Å². The van der Waals surface area contributed by atoms with E-state index in [4.69, 9.17) is 4.74 Å². The summed E-state index contributed by atoms with van der Waals surface area (Å²) in [7, 11) is 3.65. The fourth-order valence-corrected chi connectivity index (χ4v) is 5.05. The summed E-state index contributed by atoms with van der Waals surface area (Å²) in [5.74, 6) is 0.973. The van der Waals surface area contributed by atoms with E-state index >= 15 is 0 Å². The van der Waals surface area contributed by atoms with E-state index in [1.165, 1.54) is 18.6 Å². The van der Waals surface area contributed by atoms with E-state index in [1.807, 2.05) is 24.3 Å². The fourth-order valence-electron chi connectivity index (χ4n) is 5.05. The summed E-state index contributed by atoms with van der Waals surface area (Å²) in [6.45, 7) is 0.375. The molecule has 1 N–H and O–H groups in total. The van der Waals surface area contributed by atoms with Crippen molar-refractivity contribution in [3.63, 3.8) is 0 Å². The van der Waals surface area contributed by atoms with E-state index in [1.54, 1.807) is 23.9 Å². The summed E-state index contributed by atoms with van der Waals surface area (Å²) in [6.07, 6.45) is 5.69. The van der Waals surface area contributed by atoms with Crippen molar-refractivity contribution < 1.29 is 9.13 Å². The molecule has 0 bridgehead atoms. The van der Waals surface area contributed by atoms with Gasteiger partial charge in [0.25, 0.3) is 5.56 Å². The van der Waals surface area contributed by atoms with Gasteiger partial charge in [0.15, 0.2) is 5.82 Å². The molecule has 1 fully saturated rings. The predicted molar refractivity (Wildman–Crippen MR) is 131 cm³/mol. The van der Waals surface area contributed by atoms with Crippen LogP contribution in [0, 0.1) is 5.82 Å². The van der Waals surface area contributed by atoms with Crippen molar-refractivity contribution in [2.45, 2.75) is 50.7 Å². The number of benzene rings is 2. The number of halogens is 1. The Morgan fingerprint density at radius 2 is 1.91 bits per heavy atom. The molecular formula is C26H29FN6O2. The van der Waals surface area contributed by atoms with Crippen molar-refractivity contribution in [2.75, 3.05) is 14.2 Å². The molecular weight excluding hydrogens is 447 g/mol. The zero-order valence-electron chi connectivity index (χ0n) is 19.9. The van der Waals surface area contributed by atoms with Gasteiger partial charge in [-0.3, -0.25) is 9.69 Å². The quantitative estimate of drug-likeness (QED) is 0.433. The Bertz CT molecular complexity index is 1360. The Morgan fingerprint density at radius 1 is 1.14 bits per heavy atom. The van der Waals surface area contributed by atoms with Crippen LogP contribution in [0.15, 0.2) is 53.3 Å². The number of methoxy groups -OCH3 is 1. The van der Waals surface area contributed by atoms with Gasteiger partial charge in [-0.05, 0) is 71.6 Å². The highest BCUT2D eigenvalue weighted by atomic mass is 19.1. The minimum absolute atomic E-state index is 0.185. The summed E-state index contributed by atoms with van der Waals surface area (Å²) in [4.78, 5) is 18.7. The molecule has 2 heterocycles. The zero-order chi connectivity index (χ0) is 24.4. The minimum atomic E-state index is -0.441. The maximum atomic E-state index is 13.4. The van der Waals surface area contributed by atoms with Gasteiger partial charge in [0.05, 0.1) is 19.2 Å². The molecule has 0 aliphatic heterocycles. The van der Waals surface area contributed by atoms with E-state index in [0.717, 1.165) is 36.6 Å². The normalized spacial score (nSPS) is 15.5. The molecule has 1 atom stereocenters. The van der Waals surface area contributed by atoms with Crippen LogP contribution in [0.1, 0.15) is 55.1 Å². The largest absolute Gasteiger partial charge is 0.497 e. The Morgan fingerprint density at radius 3 is 2.66 bits per heavy atom. The monoisotopic (exact) mass is 476 g/mol. The van der Waals surface area contributed by atoms with Crippen LogP contribution in [0.5, 0.6) is 5.75 Å². The SMILES string of the molecule is COc1ccc2cc([C@H](c3nnnn3Cc3ccc(F)cc3)N(C)C3CCCCC3)c(=O)[nH]c2c1. The number of nitrogens with one attached hydrogen (secondary N) is 1. The summed E-state index contributed by atoms with van der Waals surface area (Å²) in [5.41, 5.74) is 1.99. The van der Waals surface area contributed by atoms with E-state index < -0.39 is 6.04 Å². The third-order valence-corrected chi connectivity index (χ3v) is 6.98. The second-order valence-electron chi connectivity index (χ2n) is 9.19. The molecule has 1 saturated carbocycles. The Hall–Kier alpha value is -3.59. The molecule has 0 amide bonds. The molecule has 0 saturated heterocycles. The van der Waals surface area contributed by atoms with Crippen LogP contribution < -0.4 is 10.3 Å². The molecule has 4 aromatic rings. The van der Waals surface area contributed by atoms with Gasteiger partial charge in [-0.25, -0.2) is 9.07 Å². The highest BCUT2D eigenvalue weighted by Gasteiger charge is 2.33. The van der Waals surface area contributed by atoms with E-state index in [2.05, 4.69) is 32.5 Å². The van der Waals surface area contributed by atoms with Gasteiger partial charge >= 0.3 is 0 Å². The molecule has 2 aromatic heterocycles. The van der Waals surface area contributed by atoms with E-state index in [-0.39, 0.29) is 11.4 Å². The number of fused-ring (bicyclic) bond motifs is 1. The Balaban J connectivity index is 1.60. The number of nitrogens with zero attached hydrogens (tertiary/aromatic N) is 5. The average Bonchev–Trinajstić information content (AvgIpc) is 3.33. The summed E-state index contributed by atoms with van der Waals surface area (Å²) < 4.78 is 20.4. The minimum Gasteiger partial charge on any atom is -0.497 e. The van der Waals surface area contributed by atoms with Crippen molar-refractivity contribution in [3.8, 4) is 5.75 Å². The van der Waals surface area contributed by atoms with Crippen molar-refractivity contribution in [3.05, 3.63) is 81.7 Å². The molecule has 2 aromatic carbocycles. The van der Waals surface area contributed by atoms with Crippen molar-refractivity contribution in [1.29, 1.82) is 0 Å². The Labute approximate surface area is 202 Å². The van der Waals surface area contributed by atoms with Gasteiger partial charge in [0, 0.05) is 17.7 Å². The van der Waals surface area contributed by atoms with Crippen LogP contribution in [0.4, 0.5) is 4.39 Å². The molecule has 9 heteroatoms. The second kappa shape index (κ2) is 9.95. The molecule has 0 spiro atoms. The van der Waals surface area contributed by atoms with Crippen molar-refractivity contribution in [1.82, 2.24) is 30.1 Å². The maximum Gasteiger partial charge on any atom is 0.253 e. The molecule has 1 aliphatic carbocycles. The molecule has 182 valence electrons. The smallest absolute Gasteiger partial charge is 0.253 e. The van der Waals surface area contributed by atoms with Crippen LogP contribution in [-0.2, 0) is 6.54 Å². The highest BCUT2D eigenvalue weighted by molar-refractivity contribution is 5.80. The first-order chi connectivity index (χ1) is 17.0. The highest BCUT2D eigenvalue weighted by Crippen LogP contribution is 2.32. The van der Waals surface area contributed by atoms with Gasteiger partial charge in [0.1, 0.15) is 17.6 Å². The molecule has 0 radical (unpaired) electrons. The number of tetrazole rings is 1. The molecule has 8 nitrogen and oxygen atoms in total. The van der Waals surface area contributed by atoms with Crippen molar-refractivity contribution >= 4 is 10.9 Å². The molecule has 0 unspecified atom stereocenters. The average molecular weight is 477 g/mol. The predicted octanol–water partition coefficient (Wildman–Crippen LogP) is 4.06. The van der Waals surface area contributed by atoms with Crippen LogP contribution in [-0.4, -0.2) is 50.3 Å². The topological polar surface area (TPSA) is 88.9 Å². The first kappa shape index (κ1) is 23.2. The van der Waals surface area contributed by atoms with Crippen LogP contribution in [0.3, 0.4) is 0 Å². The summed E-state index contributed by atoms with van der Waals surface area (Å²) >= 11 is 0. The number of ether oxygens (including phenoxy) is 1. The van der Waals surface area contributed by atoms with Gasteiger partial charge < -0.3 is 9.72 Å². The third-order valence-electron chi connectivity index (χ3n) is 6.98. The number of H-pyrrole nitrogens is 1. The van der Waals surface area contributed by atoms with E-state index in [0.29, 0.717) is 35.2 Å². The lowest BCUT2D eigenvalue weighted by Crippen LogP contribution is -2.40. The van der Waals surface area contributed by atoms with Gasteiger partial charge in [-0.15, -0.1) is 5.10 Å². The van der Waals surface area contributed by atoms with Crippen LogP contribution in [0.25, 0.3) is 10.9 Å². The molecule has 35 heavy (non-hydrogen) atoms. The van der Waals surface area contributed by atoms with E-state index in [9.17, 15) is 9.18 Å². The summed E-state index contributed by atoms with van der Waals surface area (Å²) in [6, 6.07) is 13.7. The molecule has 1 aliphatic rings. The number of aromatic nitrogens is 5. The van der Waals surface area contributed by atoms with Gasteiger partial charge in [-0.2, -0.15) is 0 Å². The Kier molecular flexibility index (Phi) is 6.59. The first-order valence-corrected chi connectivity index (χ1v) is 12.0. The zero-order valence-corrected chi connectivity index (χ0v) is 19.9. The number of rotatable bonds is 7. The first-order valence-electron chi connectivity index (χ1n) is 12.0. The number of hydrogen-bond acceptors (Lipinski definition) is 6. The maximum absolute atomic E-state index is 13.4. The number of hydrogen-bond donors (Lipinski definition) is 1. The van der Waals surface area contributed by atoms with Crippen LogP contribution in [0.2, 0.25) is 0 Å². The summed E-state index contributed by atoms with van der Waals surface area (Å²) in [5, 5.41) is 13.5. The van der Waals surface area contributed by atoms with Crippen molar-refractivity contribution in [2.24, 2.45) is 0 Å². The standard InChI is InChI=1S/C26H29FN6O2/c1-32(20-6-4-3-5-7-20)24(22-14-18-10-13-21(35-2)15-23(18)28-26(22)34)25-29-30-31-33(25)16-17-8-11-19(27)12-9-17/h8-15,20,24H,3-7,16H2,1-2H3,(H,28,34)/t24-/m1/s1. The lowest BCUT2D eigenvalue weighted by Gasteiger charge is -2.36. The lowest BCUT2D eigenvalue weighted by molar-refractivity contribution is 0.149. The lowest BCUT2D eigenvalue weighted by atomic mass is 9.92. The van der Waals surface area contributed by atoms with Gasteiger partial charge in [-0.1, -0.05) is 31.4 Å². The van der Waals surface area contributed by atoms with Gasteiger partial charge in [0.2, 0.25) is 0 Å².